The summed E-state index contributed by atoms with van der Waals surface area (Å²) in [7, 11) is 0. The molecule has 2 aliphatic heterocycles. The molecule has 7 heteroatoms. The quantitative estimate of drug-likeness (QED) is 0.529. The van der Waals surface area contributed by atoms with Crippen LogP contribution in [0.15, 0.2) is 61.2 Å². The van der Waals surface area contributed by atoms with E-state index in [0.717, 1.165) is 11.3 Å². The molecule has 2 aromatic carbocycles. The summed E-state index contributed by atoms with van der Waals surface area (Å²) in [4.78, 5) is 26.9. The third-order valence-electron chi connectivity index (χ3n) is 5.48. The van der Waals surface area contributed by atoms with E-state index in [1.807, 2.05) is 24.3 Å². The van der Waals surface area contributed by atoms with Crippen molar-refractivity contribution in [2.24, 2.45) is 5.92 Å². The largest absolute Gasteiger partial charge is 0.490 e. The minimum absolute atomic E-state index is 0.0368. The van der Waals surface area contributed by atoms with E-state index in [1.54, 1.807) is 41.3 Å². The number of amides is 2. The van der Waals surface area contributed by atoms with Crippen molar-refractivity contribution in [1.82, 2.24) is 4.90 Å². The van der Waals surface area contributed by atoms with Gasteiger partial charge < -0.3 is 24.4 Å². The predicted molar refractivity (Wildman–Crippen MR) is 122 cm³/mol. The van der Waals surface area contributed by atoms with E-state index < -0.39 is 0 Å². The van der Waals surface area contributed by atoms with Crippen molar-refractivity contribution in [2.75, 3.05) is 31.8 Å². The number of nitrogens with zero attached hydrogens (tertiary/aromatic N) is 1. The van der Waals surface area contributed by atoms with Gasteiger partial charge in [0, 0.05) is 36.8 Å². The molecular weight excluding hydrogens is 408 g/mol. The van der Waals surface area contributed by atoms with Crippen molar-refractivity contribution in [1.29, 1.82) is 0 Å². The van der Waals surface area contributed by atoms with Crippen molar-refractivity contribution >= 4 is 23.6 Å². The Morgan fingerprint density at radius 3 is 2.59 bits per heavy atom. The number of carbonyl (C=O) groups excluding carboxylic acids is 2. The monoisotopic (exact) mass is 434 g/mol. The number of nitrogens with one attached hydrogen (secondary N) is 1. The molecule has 0 unspecified atom stereocenters. The summed E-state index contributed by atoms with van der Waals surface area (Å²) in [5, 5.41) is 2.94. The van der Waals surface area contributed by atoms with Gasteiger partial charge in [-0.3, -0.25) is 9.59 Å². The van der Waals surface area contributed by atoms with E-state index in [-0.39, 0.29) is 24.5 Å². The first-order valence-electron chi connectivity index (χ1n) is 10.6. The predicted octanol–water partition coefficient (Wildman–Crippen LogP) is 3.87. The number of benzene rings is 2. The van der Waals surface area contributed by atoms with E-state index in [1.165, 1.54) is 0 Å². The molecule has 0 atom stereocenters. The summed E-state index contributed by atoms with van der Waals surface area (Å²) < 4.78 is 16.1. The summed E-state index contributed by atoms with van der Waals surface area (Å²) in [5.74, 6) is 1.86. The molecule has 7 nitrogen and oxygen atoms in total. The van der Waals surface area contributed by atoms with Crippen LogP contribution in [0.5, 0.6) is 17.2 Å². The van der Waals surface area contributed by atoms with E-state index >= 15 is 0 Å². The number of fused-ring (bicyclic) bond motifs is 1. The number of rotatable bonds is 7. The molecule has 2 amide bonds. The summed E-state index contributed by atoms with van der Waals surface area (Å²) >= 11 is 0. The van der Waals surface area contributed by atoms with Gasteiger partial charge in [0.2, 0.25) is 18.6 Å². The van der Waals surface area contributed by atoms with Crippen LogP contribution in [0, 0.1) is 5.92 Å². The van der Waals surface area contributed by atoms with Gasteiger partial charge in [-0.05, 0) is 48.7 Å². The van der Waals surface area contributed by atoms with Gasteiger partial charge in [-0.25, -0.2) is 0 Å². The molecule has 2 aliphatic rings. The van der Waals surface area contributed by atoms with Crippen molar-refractivity contribution < 1.29 is 23.8 Å². The first-order valence-corrected chi connectivity index (χ1v) is 10.6. The van der Waals surface area contributed by atoms with Crippen LogP contribution in [0.1, 0.15) is 18.4 Å². The van der Waals surface area contributed by atoms with Crippen LogP contribution in [0.25, 0.3) is 6.08 Å². The van der Waals surface area contributed by atoms with Gasteiger partial charge in [0.1, 0.15) is 12.4 Å². The van der Waals surface area contributed by atoms with Crippen LogP contribution in [-0.4, -0.2) is 43.2 Å². The van der Waals surface area contributed by atoms with E-state index in [4.69, 9.17) is 14.2 Å². The van der Waals surface area contributed by atoms with E-state index in [2.05, 4.69) is 11.9 Å². The van der Waals surface area contributed by atoms with Crippen molar-refractivity contribution in [3.63, 3.8) is 0 Å². The maximum Gasteiger partial charge on any atom is 0.246 e. The van der Waals surface area contributed by atoms with E-state index in [9.17, 15) is 9.59 Å². The number of likely N-dealkylation sites (tertiary alicyclic amines) is 1. The van der Waals surface area contributed by atoms with Crippen molar-refractivity contribution in [2.45, 2.75) is 12.8 Å². The second-order valence-corrected chi connectivity index (χ2v) is 7.66. The highest BCUT2D eigenvalue weighted by atomic mass is 16.7. The molecule has 0 spiro atoms. The second kappa shape index (κ2) is 10.0. The molecule has 2 heterocycles. The Balaban J connectivity index is 1.24. The highest BCUT2D eigenvalue weighted by Gasteiger charge is 2.27. The van der Waals surface area contributed by atoms with Gasteiger partial charge in [0.15, 0.2) is 11.5 Å². The Hall–Kier alpha value is -3.74. The Bertz CT molecular complexity index is 1010. The Morgan fingerprint density at radius 2 is 1.84 bits per heavy atom. The van der Waals surface area contributed by atoms with Gasteiger partial charge in [-0.2, -0.15) is 0 Å². The van der Waals surface area contributed by atoms with Crippen LogP contribution in [0.4, 0.5) is 5.69 Å². The van der Waals surface area contributed by atoms with Gasteiger partial charge in [0.05, 0.1) is 0 Å². The standard InChI is InChI=1S/C25H26N2O5/c1-2-15-30-21-7-3-18(4-8-21)5-10-24(28)27-13-11-19(12-14-27)25(29)26-20-6-9-22-23(16-20)32-17-31-22/h2-10,16,19H,1,11-15,17H2,(H,26,29)/b10-5+. The molecule has 1 saturated heterocycles. The summed E-state index contributed by atoms with van der Waals surface area (Å²) in [6.07, 6.45) is 6.32. The van der Waals surface area contributed by atoms with Gasteiger partial charge in [0.25, 0.3) is 0 Å². The third-order valence-corrected chi connectivity index (χ3v) is 5.48. The Labute approximate surface area is 187 Å². The lowest BCUT2D eigenvalue weighted by atomic mass is 9.95. The highest BCUT2D eigenvalue weighted by Crippen LogP contribution is 2.34. The number of hydrogen-bond donors (Lipinski definition) is 1. The maximum atomic E-state index is 12.6. The fraction of sp³-hybridized carbons (Fsp3) is 0.280. The lowest BCUT2D eigenvalue weighted by Gasteiger charge is -2.30. The number of ether oxygens (including phenoxy) is 3. The average molecular weight is 434 g/mol. The first-order chi connectivity index (χ1) is 15.6. The molecule has 0 aliphatic carbocycles. The zero-order valence-corrected chi connectivity index (χ0v) is 17.8. The van der Waals surface area contributed by atoms with Crippen LogP contribution in [0.2, 0.25) is 0 Å². The Kier molecular flexibility index (Phi) is 6.75. The molecule has 32 heavy (non-hydrogen) atoms. The molecule has 0 saturated carbocycles. The van der Waals surface area contributed by atoms with Crippen LogP contribution < -0.4 is 19.5 Å². The smallest absolute Gasteiger partial charge is 0.246 e. The zero-order valence-electron chi connectivity index (χ0n) is 17.8. The fourth-order valence-electron chi connectivity index (χ4n) is 3.68. The molecular formula is C25H26N2O5. The molecule has 1 fully saturated rings. The normalized spacial score (nSPS) is 15.6. The van der Waals surface area contributed by atoms with Gasteiger partial charge in [-0.1, -0.05) is 24.8 Å². The number of carbonyl (C=O) groups is 2. The number of hydrogen-bond acceptors (Lipinski definition) is 5. The molecule has 2 aromatic rings. The topological polar surface area (TPSA) is 77.1 Å². The van der Waals surface area contributed by atoms with Crippen LogP contribution in [0.3, 0.4) is 0 Å². The van der Waals surface area contributed by atoms with Crippen LogP contribution in [-0.2, 0) is 9.59 Å². The van der Waals surface area contributed by atoms with Crippen LogP contribution >= 0.6 is 0 Å². The highest BCUT2D eigenvalue weighted by molar-refractivity contribution is 5.94. The minimum Gasteiger partial charge on any atom is -0.490 e. The summed E-state index contributed by atoms with van der Waals surface area (Å²) in [6, 6.07) is 12.9. The maximum absolute atomic E-state index is 12.6. The molecule has 166 valence electrons. The van der Waals surface area contributed by atoms with Gasteiger partial charge in [-0.15, -0.1) is 0 Å². The lowest BCUT2D eigenvalue weighted by molar-refractivity contribution is -0.130. The van der Waals surface area contributed by atoms with E-state index in [0.29, 0.717) is 49.7 Å². The summed E-state index contributed by atoms with van der Waals surface area (Å²) in [6.45, 7) is 5.38. The first kappa shape index (κ1) is 21.5. The third kappa shape index (κ3) is 5.29. The lowest BCUT2D eigenvalue weighted by Crippen LogP contribution is -2.40. The second-order valence-electron chi connectivity index (χ2n) is 7.66. The Morgan fingerprint density at radius 1 is 1.09 bits per heavy atom. The molecule has 0 bridgehead atoms. The van der Waals surface area contributed by atoms with Crippen molar-refractivity contribution in [3.8, 4) is 17.2 Å². The molecule has 1 N–H and O–H groups in total. The number of piperidine rings is 1. The fourth-order valence-corrected chi connectivity index (χ4v) is 3.68. The average Bonchev–Trinajstić information content (AvgIpc) is 3.30. The SMILES string of the molecule is C=CCOc1ccc(/C=C/C(=O)N2CCC(C(=O)Nc3ccc4c(c3)OCO4)CC2)cc1. The minimum atomic E-state index is -0.128. The zero-order chi connectivity index (χ0) is 22.3. The molecule has 0 radical (unpaired) electrons. The molecule has 0 aromatic heterocycles. The van der Waals surface area contributed by atoms with Crippen molar-refractivity contribution in [3.05, 3.63) is 66.8 Å². The van der Waals surface area contributed by atoms with Gasteiger partial charge >= 0.3 is 0 Å². The molecule has 4 rings (SSSR count). The summed E-state index contributed by atoms with van der Waals surface area (Å²) in [5.41, 5.74) is 1.60. The number of anilines is 1.